The summed E-state index contributed by atoms with van der Waals surface area (Å²) in [7, 11) is 1.87. The molecular weight excluding hydrogens is 395 g/mol. The fourth-order valence-corrected chi connectivity index (χ4v) is 4.25. The number of rotatable bonds is 3. The van der Waals surface area contributed by atoms with Crippen molar-refractivity contribution in [1.82, 2.24) is 20.0 Å². The Hall–Kier alpha value is -1.27. The second-order valence-electron chi connectivity index (χ2n) is 6.70. The third kappa shape index (κ3) is 3.33. The highest BCUT2D eigenvalue weighted by atomic mass is 35.5. The summed E-state index contributed by atoms with van der Waals surface area (Å²) in [5.74, 6) is -0.00399. The second-order valence-corrected chi connectivity index (χ2v) is 7.54. The van der Waals surface area contributed by atoms with Crippen molar-refractivity contribution in [1.29, 1.82) is 0 Å². The number of likely N-dealkylation sites (N-methyl/N-ethyl adjacent to an activating group) is 1. The van der Waals surface area contributed by atoms with Crippen LogP contribution in [0.1, 0.15) is 34.6 Å². The lowest BCUT2D eigenvalue weighted by atomic mass is 10.1. The van der Waals surface area contributed by atoms with Crippen molar-refractivity contribution >= 4 is 41.5 Å². The van der Waals surface area contributed by atoms with Crippen molar-refractivity contribution < 1.29 is 4.79 Å². The Morgan fingerprint density at radius 1 is 1.35 bits per heavy atom. The molecule has 1 aliphatic carbocycles. The van der Waals surface area contributed by atoms with Gasteiger partial charge in [-0.25, -0.2) is 4.68 Å². The van der Waals surface area contributed by atoms with E-state index in [1.165, 1.54) is 0 Å². The van der Waals surface area contributed by atoms with Gasteiger partial charge in [0.15, 0.2) is 5.69 Å². The predicted molar refractivity (Wildman–Crippen MR) is 106 cm³/mol. The molecule has 1 atom stereocenters. The minimum atomic E-state index is -0.00399. The van der Waals surface area contributed by atoms with Gasteiger partial charge in [-0.05, 0) is 50.4 Å². The second kappa shape index (κ2) is 7.77. The predicted octanol–water partition coefficient (Wildman–Crippen LogP) is 3.52. The molecule has 1 aromatic heterocycles. The lowest BCUT2D eigenvalue weighted by Gasteiger charge is -2.23. The van der Waals surface area contributed by atoms with Crippen molar-refractivity contribution in [2.24, 2.45) is 0 Å². The van der Waals surface area contributed by atoms with E-state index in [0.717, 1.165) is 55.7 Å². The molecule has 1 unspecified atom stereocenters. The highest BCUT2D eigenvalue weighted by Crippen LogP contribution is 2.32. The van der Waals surface area contributed by atoms with E-state index in [2.05, 4.69) is 10.4 Å². The van der Waals surface area contributed by atoms with E-state index in [1.807, 2.05) is 22.7 Å². The lowest BCUT2D eigenvalue weighted by molar-refractivity contribution is 0.0736. The maximum atomic E-state index is 13.0. The Morgan fingerprint density at radius 2 is 2.15 bits per heavy atom. The normalized spacial score (nSPS) is 18.5. The minimum absolute atomic E-state index is 0. The molecule has 5 nitrogen and oxygen atoms in total. The lowest BCUT2D eigenvalue weighted by Crippen LogP contribution is -2.39. The average Bonchev–Trinajstić information content (AvgIpc) is 3.31. The average molecular weight is 416 g/mol. The van der Waals surface area contributed by atoms with E-state index in [0.29, 0.717) is 15.7 Å². The van der Waals surface area contributed by atoms with Gasteiger partial charge in [0.25, 0.3) is 5.91 Å². The monoisotopic (exact) mass is 414 g/mol. The third-order valence-corrected chi connectivity index (χ3v) is 5.71. The number of halogens is 3. The third-order valence-electron chi connectivity index (χ3n) is 5.17. The summed E-state index contributed by atoms with van der Waals surface area (Å²) < 4.78 is 1.83. The van der Waals surface area contributed by atoms with Crippen LogP contribution in [-0.4, -0.2) is 46.8 Å². The van der Waals surface area contributed by atoms with Crippen molar-refractivity contribution in [3.8, 4) is 5.69 Å². The summed E-state index contributed by atoms with van der Waals surface area (Å²) in [6, 6.07) is 5.59. The number of carbonyl (C=O) groups is 1. The largest absolute Gasteiger partial charge is 0.336 e. The zero-order chi connectivity index (χ0) is 17.6. The first-order valence-electron chi connectivity index (χ1n) is 8.60. The first-order valence-corrected chi connectivity index (χ1v) is 9.36. The van der Waals surface area contributed by atoms with Gasteiger partial charge in [-0.2, -0.15) is 5.10 Å². The molecule has 1 amide bonds. The minimum Gasteiger partial charge on any atom is -0.336 e. The van der Waals surface area contributed by atoms with Gasteiger partial charge < -0.3 is 10.2 Å². The molecule has 2 aromatic rings. The van der Waals surface area contributed by atoms with E-state index < -0.39 is 0 Å². The van der Waals surface area contributed by atoms with Crippen LogP contribution in [0.5, 0.6) is 0 Å². The van der Waals surface area contributed by atoms with Crippen LogP contribution in [0.25, 0.3) is 5.69 Å². The summed E-state index contributed by atoms with van der Waals surface area (Å²) in [4.78, 5) is 14.9. The Balaban J connectivity index is 0.00000196. The van der Waals surface area contributed by atoms with Crippen molar-refractivity contribution in [2.75, 3.05) is 20.1 Å². The number of aromatic nitrogens is 2. The van der Waals surface area contributed by atoms with Gasteiger partial charge in [-0.15, -0.1) is 12.4 Å². The number of benzene rings is 1. The molecule has 26 heavy (non-hydrogen) atoms. The number of hydrogen-bond acceptors (Lipinski definition) is 3. The molecule has 0 spiro atoms. The molecule has 8 heteroatoms. The number of fused-ring (bicyclic) bond motifs is 1. The molecule has 1 aromatic carbocycles. The van der Waals surface area contributed by atoms with Gasteiger partial charge in [0.2, 0.25) is 0 Å². The highest BCUT2D eigenvalue weighted by molar-refractivity contribution is 6.35. The Kier molecular flexibility index (Phi) is 5.82. The van der Waals surface area contributed by atoms with Crippen LogP contribution >= 0.6 is 35.6 Å². The van der Waals surface area contributed by atoms with Crippen molar-refractivity contribution in [3.05, 3.63) is 45.2 Å². The topological polar surface area (TPSA) is 50.2 Å². The van der Waals surface area contributed by atoms with E-state index in [-0.39, 0.29) is 24.4 Å². The Morgan fingerprint density at radius 3 is 2.85 bits per heavy atom. The highest BCUT2D eigenvalue weighted by Gasteiger charge is 2.32. The van der Waals surface area contributed by atoms with Crippen LogP contribution < -0.4 is 5.32 Å². The molecule has 0 saturated carbocycles. The number of nitrogens with one attached hydrogen (secondary N) is 1. The van der Waals surface area contributed by atoms with Crippen LogP contribution in [0.15, 0.2) is 18.2 Å². The SMILES string of the molecule is CN(C(=O)c1nn(-c2ccc(Cl)cc2Cl)c2c1CCC2)C1CCNC1.Cl. The number of hydrogen-bond donors (Lipinski definition) is 1. The van der Waals surface area contributed by atoms with Crippen LogP contribution in [0, 0.1) is 0 Å². The maximum absolute atomic E-state index is 13.0. The quantitative estimate of drug-likeness (QED) is 0.834. The fourth-order valence-electron chi connectivity index (χ4n) is 3.76. The number of amides is 1. The Bertz CT molecular complexity index is 830. The first kappa shape index (κ1) is 19.5. The maximum Gasteiger partial charge on any atom is 0.274 e. The van der Waals surface area contributed by atoms with E-state index in [4.69, 9.17) is 23.2 Å². The fraction of sp³-hybridized carbons (Fsp3) is 0.444. The van der Waals surface area contributed by atoms with E-state index in [9.17, 15) is 4.79 Å². The summed E-state index contributed by atoms with van der Waals surface area (Å²) in [6.07, 6.45) is 3.81. The zero-order valence-corrected chi connectivity index (χ0v) is 16.8. The standard InChI is InChI=1S/C18H20Cl2N4O.ClH/c1-23(12-7-8-21-10-12)18(25)17-13-3-2-4-15(13)24(22-17)16-6-5-11(19)9-14(16)20;/h5-6,9,12,21H,2-4,7-8,10H2,1H3;1H. The van der Waals surface area contributed by atoms with Crippen LogP contribution in [0.4, 0.5) is 0 Å². The molecule has 1 N–H and O–H groups in total. The van der Waals surface area contributed by atoms with Crippen molar-refractivity contribution in [2.45, 2.75) is 31.7 Å². The molecule has 4 rings (SSSR count). The van der Waals surface area contributed by atoms with E-state index >= 15 is 0 Å². The molecular formula is C18H21Cl3N4O. The first-order chi connectivity index (χ1) is 12.1. The summed E-state index contributed by atoms with van der Waals surface area (Å²) in [6.45, 7) is 1.80. The van der Waals surface area contributed by atoms with E-state index in [1.54, 1.807) is 12.1 Å². The summed E-state index contributed by atoms with van der Waals surface area (Å²) >= 11 is 12.4. The molecule has 2 heterocycles. The molecule has 1 saturated heterocycles. The van der Waals surface area contributed by atoms with Gasteiger partial charge in [0.1, 0.15) is 0 Å². The van der Waals surface area contributed by atoms with Crippen LogP contribution in [0.3, 0.4) is 0 Å². The number of nitrogens with zero attached hydrogens (tertiary/aromatic N) is 3. The molecule has 0 radical (unpaired) electrons. The van der Waals surface area contributed by atoms with Gasteiger partial charge >= 0.3 is 0 Å². The van der Waals surface area contributed by atoms with Gasteiger partial charge in [-0.3, -0.25) is 4.79 Å². The van der Waals surface area contributed by atoms with Crippen molar-refractivity contribution in [3.63, 3.8) is 0 Å². The molecule has 140 valence electrons. The molecule has 1 fully saturated rings. The molecule has 0 bridgehead atoms. The Labute approximate surface area is 169 Å². The van der Waals surface area contributed by atoms with Crippen LogP contribution in [-0.2, 0) is 12.8 Å². The van der Waals surface area contributed by atoms with Gasteiger partial charge in [0, 0.05) is 35.9 Å². The summed E-state index contributed by atoms with van der Waals surface area (Å²) in [5, 5.41) is 9.09. The molecule has 2 aliphatic rings. The van der Waals surface area contributed by atoms with Crippen LogP contribution in [0.2, 0.25) is 10.0 Å². The smallest absolute Gasteiger partial charge is 0.274 e. The van der Waals surface area contributed by atoms with Gasteiger partial charge in [0.05, 0.1) is 10.7 Å². The zero-order valence-electron chi connectivity index (χ0n) is 14.5. The number of carbonyl (C=O) groups excluding carboxylic acids is 1. The van der Waals surface area contributed by atoms with Gasteiger partial charge in [-0.1, -0.05) is 23.2 Å². The molecule has 1 aliphatic heterocycles. The summed E-state index contributed by atoms with van der Waals surface area (Å²) in [5.41, 5.74) is 3.49.